The molecule has 0 spiro atoms. The van der Waals surface area contributed by atoms with Crippen LogP contribution in [0.5, 0.6) is 0 Å². The van der Waals surface area contributed by atoms with Crippen molar-refractivity contribution >= 4 is 5.91 Å². The summed E-state index contributed by atoms with van der Waals surface area (Å²) in [4.78, 5) is 11.9. The topological polar surface area (TPSA) is 61.4 Å². The molecule has 1 amide bonds. The van der Waals surface area contributed by atoms with E-state index in [1.54, 1.807) is 0 Å². The number of hydrogen-bond acceptors (Lipinski definition) is 3. The molecule has 1 aromatic carbocycles. The van der Waals surface area contributed by atoms with Crippen molar-refractivity contribution in [2.45, 2.75) is 37.8 Å². The molecule has 0 aromatic heterocycles. The lowest BCUT2D eigenvalue weighted by atomic mass is 10.1. The van der Waals surface area contributed by atoms with E-state index < -0.39 is 0 Å². The molecule has 19 heavy (non-hydrogen) atoms. The van der Waals surface area contributed by atoms with Crippen molar-refractivity contribution in [2.75, 3.05) is 13.2 Å². The Hall–Kier alpha value is -1.39. The van der Waals surface area contributed by atoms with Gasteiger partial charge in [0.15, 0.2) is 0 Å². The number of carbonyl (C=O) groups is 1. The Morgan fingerprint density at radius 3 is 2.84 bits per heavy atom. The summed E-state index contributed by atoms with van der Waals surface area (Å²) < 4.78 is 0. The largest absolute Gasteiger partial charge is 0.394 e. The number of nitrogens with one attached hydrogen (secondary N) is 2. The summed E-state index contributed by atoms with van der Waals surface area (Å²) in [5.41, 5.74) is 1.13. The Labute approximate surface area is 114 Å². The lowest BCUT2D eigenvalue weighted by molar-refractivity contribution is -0.122. The molecule has 2 rings (SSSR count). The number of aliphatic hydroxyl groups excluding tert-OH is 1. The molecule has 1 aliphatic heterocycles. The van der Waals surface area contributed by atoms with Gasteiger partial charge >= 0.3 is 0 Å². The summed E-state index contributed by atoms with van der Waals surface area (Å²) in [7, 11) is 0. The highest BCUT2D eigenvalue weighted by Gasteiger charge is 2.19. The molecule has 0 bridgehead atoms. The van der Waals surface area contributed by atoms with Gasteiger partial charge in [0.05, 0.1) is 12.6 Å². The zero-order valence-electron chi connectivity index (χ0n) is 11.1. The second kappa shape index (κ2) is 7.26. The third-order valence-corrected chi connectivity index (χ3v) is 3.50. The van der Waals surface area contributed by atoms with Crippen LogP contribution in [0.4, 0.5) is 0 Å². The fourth-order valence-electron chi connectivity index (χ4n) is 2.50. The van der Waals surface area contributed by atoms with Crippen LogP contribution in [0.3, 0.4) is 0 Å². The molecule has 3 N–H and O–H groups in total. The van der Waals surface area contributed by atoms with E-state index in [0.717, 1.165) is 24.9 Å². The normalized spacial score (nSPS) is 20.2. The van der Waals surface area contributed by atoms with E-state index >= 15 is 0 Å². The zero-order valence-corrected chi connectivity index (χ0v) is 11.1. The molecule has 1 saturated heterocycles. The van der Waals surface area contributed by atoms with Gasteiger partial charge in [0.1, 0.15) is 0 Å². The number of aliphatic hydroxyl groups is 1. The lowest BCUT2D eigenvalue weighted by Gasteiger charge is -2.18. The summed E-state index contributed by atoms with van der Waals surface area (Å²) in [6, 6.07) is 10.0. The highest BCUT2D eigenvalue weighted by atomic mass is 16.3. The second-order valence-electron chi connectivity index (χ2n) is 5.13. The molecule has 1 heterocycles. The van der Waals surface area contributed by atoms with Crippen molar-refractivity contribution < 1.29 is 9.90 Å². The van der Waals surface area contributed by atoms with Crippen LogP contribution in [-0.4, -0.2) is 36.2 Å². The predicted molar refractivity (Wildman–Crippen MR) is 74.8 cm³/mol. The number of rotatable bonds is 6. The van der Waals surface area contributed by atoms with Gasteiger partial charge in [-0.15, -0.1) is 0 Å². The molecule has 1 fully saturated rings. The van der Waals surface area contributed by atoms with Gasteiger partial charge in [0.25, 0.3) is 0 Å². The number of hydrogen-bond donors (Lipinski definition) is 3. The summed E-state index contributed by atoms with van der Waals surface area (Å²) in [6.07, 6.45) is 3.38. The average Bonchev–Trinajstić information content (AvgIpc) is 2.92. The van der Waals surface area contributed by atoms with Crippen LogP contribution in [-0.2, 0) is 11.2 Å². The molecular weight excluding hydrogens is 240 g/mol. The van der Waals surface area contributed by atoms with Crippen molar-refractivity contribution in [1.82, 2.24) is 10.6 Å². The molecule has 104 valence electrons. The van der Waals surface area contributed by atoms with E-state index in [2.05, 4.69) is 10.6 Å². The van der Waals surface area contributed by atoms with Gasteiger partial charge in [0.2, 0.25) is 5.91 Å². The van der Waals surface area contributed by atoms with Gasteiger partial charge in [-0.3, -0.25) is 4.79 Å². The monoisotopic (exact) mass is 262 g/mol. The van der Waals surface area contributed by atoms with Gasteiger partial charge in [-0.2, -0.15) is 0 Å². The van der Waals surface area contributed by atoms with Crippen LogP contribution in [0.15, 0.2) is 30.3 Å². The van der Waals surface area contributed by atoms with Crippen LogP contribution in [0.25, 0.3) is 0 Å². The average molecular weight is 262 g/mol. The van der Waals surface area contributed by atoms with Crippen molar-refractivity contribution in [3.8, 4) is 0 Å². The maximum absolute atomic E-state index is 11.9. The van der Waals surface area contributed by atoms with Crippen LogP contribution >= 0.6 is 0 Å². The minimum absolute atomic E-state index is 0.0226. The van der Waals surface area contributed by atoms with Crippen molar-refractivity contribution in [1.29, 1.82) is 0 Å². The minimum atomic E-state index is -0.198. The smallest absolute Gasteiger partial charge is 0.221 e. The Morgan fingerprint density at radius 1 is 1.42 bits per heavy atom. The SMILES string of the molecule is O=C(CC1CCCN1)NC(CO)Cc1ccccc1. The van der Waals surface area contributed by atoms with Gasteiger partial charge in [-0.05, 0) is 31.4 Å². The first-order valence-electron chi connectivity index (χ1n) is 6.95. The van der Waals surface area contributed by atoms with E-state index in [0.29, 0.717) is 18.9 Å². The molecule has 4 nitrogen and oxygen atoms in total. The van der Waals surface area contributed by atoms with Crippen LogP contribution in [0.2, 0.25) is 0 Å². The summed E-state index contributed by atoms with van der Waals surface area (Å²) in [5, 5.41) is 15.6. The minimum Gasteiger partial charge on any atom is -0.394 e. The van der Waals surface area contributed by atoms with Gasteiger partial charge in [-0.25, -0.2) is 0 Å². The molecule has 0 saturated carbocycles. The predicted octanol–water partition coefficient (Wildman–Crippen LogP) is 0.848. The first-order chi connectivity index (χ1) is 9.28. The third kappa shape index (κ3) is 4.65. The number of carbonyl (C=O) groups excluding carboxylic acids is 1. The highest BCUT2D eigenvalue weighted by molar-refractivity contribution is 5.77. The Bertz CT molecular complexity index is 388. The fraction of sp³-hybridized carbons (Fsp3) is 0.533. The van der Waals surface area contributed by atoms with E-state index in [1.807, 2.05) is 30.3 Å². The molecule has 0 aliphatic carbocycles. The maximum atomic E-state index is 11.9. The van der Waals surface area contributed by atoms with Gasteiger partial charge in [-0.1, -0.05) is 30.3 Å². The maximum Gasteiger partial charge on any atom is 0.221 e. The van der Waals surface area contributed by atoms with Crippen LogP contribution in [0.1, 0.15) is 24.8 Å². The molecule has 1 aromatic rings. The number of amides is 1. The Kier molecular flexibility index (Phi) is 5.36. The first kappa shape index (κ1) is 14.0. The third-order valence-electron chi connectivity index (χ3n) is 3.50. The lowest BCUT2D eigenvalue weighted by Crippen LogP contribution is -2.41. The fourth-order valence-corrected chi connectivity index (χ4v) is 2.50. The zero-order chi connectivity index (χ0) is 13.5. The molecule has 0 radical (unpaired) electrons. The highest BCUT2D eigenvalue weighted by Crippen LogP contribution is 2.09. The molecule has 2 unspecified atom stereocenters. The standard InChI is InChI=1S/C15H22N2O2/c18-11-14(9-12-5-2-1-3-6-12)17-15(19)10-13-7-4-8-16-13/h1-3,5-6,13-14,16,18H,4,7-11H2,(H,17,19). The van der Waals surface area contributed by atoms with Crippen LogP contribution in [0, 0.1) is 0 Å². The number of benzene rings is 1. The van der Waals surface area contributed by atoms with Crippen molar-refractivity contribution in [3.63, 3.8) is 0 Å². The van der Waals surface area contributed by atoms with Crippen molar-refractivity contribution in [3.05, 3.63) is 35.9 Å². The van der Waals surface area contributed by atoms with E-state index in [-0.39, 0.29) is 18.6 Å². The first-order valence-corrected chi connectivity index (χ1v) is 6.95. The molecule has 1 aliphatic rings. The second-order valence-corrected chi connectivity index (χ2v) is 5.13. The van der Waals surface area contributed by atoms with Crippen molar-refractivity contribution in [2.24, 2.45) is 0 Å². The van der Waals surface area contributed by atoms with E-state index in [1.165, 1.54) is 0 Å². The summed E-state index contributed by atoms with van der Waals surface area (Å²) in [5.74, 6) is 0.0226. The van der Waals surface area contributed by atoms with Gasteiger partial charge < -0.3 is 15.7 Å². The molecule has 4 heteroatoms. The Morgan fingerprint density at radius 2 is 2.21 bits per heavy atom. The summed E-state index contributed by atoms with van der Waals surface area (Å²) in [6.45, 7) is 0.976. The van der Waals surface area contributed by atoms with E-state index in [4.69, 9.17) is 0 Å². The quantitative estimate of drug-likeness (QED) is 0.712. The van der Waals surface area contributed by atoms with E-state index in [9.17, 15) is 9.90 Å². The summed E-state index contributed by atoms with van der Waals surface area (Å²) >= 11 is 0. The molecular formula is C15H22N2O2. The van der Waals surface area contributed by atoms with Crippen LogP contribution < -0.4 is 10.6 Å². The Balaban J connectivity index is 1.79. The van der Waals surface area contributed by atoms with Gasteiger partial charge in [0, 0.05) is 12.5 Å². The molecule has 2 atom stereocenters.